The van der Waals surface area contributed by atoms with Gasteiger partial charge in [0.1, 0.15) is 5.82 Å². The molecule has 1 aromatic heterocycles. The van der Waals surface area contributed by atoms with Crippen molar-refractivity contribution in [3.05, 3.63) is 86.5 Å². The van der Waals surface area contributed by atoms with Crippen molar-refractivity contribution in [3.63, 3.8) is 0 Å². The van der Waals surface area contributed by atoms with Crippen molar-refractivity contribution < 1.29 is 54.2 Å². The van der Waals surface area contributed by atoms with E-state index in [0.717, 1.165) is 29.0 Å². The molecule has 0 bridgehead atoms. The summed E-state index contributed by atoms with van der Waals surface area (Å²) in [5.41, 5.74) is -5.66. The summed E-state index contributed by atoms with van der Waals surface area (Å²) in [6.07, 6.45) is -15.1. The van der Waals surface area contributed by atoms with Gasteiger partial charge in [-0.3, -0.25) is 9.47 Å². The van der Waals surface area contributed by atoms with Gasteiger partial charge in [0.15, 0.2) is 0 Å². The van der Waals surface area contributed by atoms with E-state index in [1.54, 1.807) is 13.8 Å². The highest BCUT2D eigenvalue weighted by atomic mass is 19.4. The van der Waals surface area contributed by atoms with Gasteiger partial charge < -0.3 is 15.2 Å². The van der Waals surface area contributed by atoms with E-state index in [2.05, 4.69) is 10.3 Å². The number of fused-ring (bicyclic) bond motifs is 1. The Morgan fingerprint density at radius 2 is 1.57 bits per heavy atom. The molecule has 4 rings (SSSR count). The summed E-state index contributed by atoms with van der Waals surface area (Å²) in [7, 11) is 0. The van der Waals surface area contributed by atoms with Crippen LogP contribution in [0.15, 0.2) is 47.4 Å². The topological polar surface area (TPSA) is 96.7 Å². The lowest BCUT2D eigenvalue weighted by atomic mass is 9.88. The summed E-state index contributed by atoms with van der Waals surface area (Å²) in [5.74, 6) is -0.317. The number of benzene rings is 2. The number of nitrogens with zero attached hydrogens (tertiary/aromatic N) is 3. The van der Waals surface area contributed by atoms with Crippen molar-refractivity contribution >= 4 is 17.6 Å². The van der Waals surface area contributed by atoms with Crippen molar-refractivity contribution in [2.75, 3.05) is 23.4 Å². The lowest BCUT2D eigenvalue weighted by Gasteiger charge is -2.40. The SMILES string of the molecule is CCOC(=O)N1c2ccc(C(F)(F)F)cc2[C@@H](Nc2nc(=O)n(CCO)cc2Cc2cc(C(F)(F)F)cc(C(F)(F)F)c2)C[C@H]1CC. The Morgan fingerprint density at radius 3 is 2.11 bits per heavy atom. The number of alkyl halides is 9. The molecule has 17 heteroatoms. The van der Waals surface area contributed by atoms with Crippen molar-refractivity contribution in [3.8, 4) is 0 Å². The van der Waals surface area contributed by atoms with Gasteiger partial charge in [-0.1, -0.05) is 6.92 Å². The first-order chi connectivity index (χ1) is 21.9. The zero-order valence-electron chi connectivity index (χ0n) is 24.9. The average Bonchev–Trinajstić information content (AvgIpc) is 2.97. The van der Waals surface area contributed by atoms with Crippen LogP contribution in [0.5, 0.6) is 0 Å². The Kier molecular flexibility index (Phi) is 10.2. The summed E-state index contributed by atoms with van der Waals surface area (Å²) in [6.45, 7) is 2.37. The maximum Gasteiger partial charge on any atom is 0.416 e. The summed E-state index contributed by atoms with van der Waals surface area (Å²) >= 11 is 0. The van der Waals surface area contributed by atoms with E-state index in [1.807, 2.05) is 0 Å². The number of rotatable bonds is 8. The Bertz CT molecular complexity index is 1640. The third kappa shape index (κ3) is 8.00. The van der Waals surface area contributed by atoms with E-state index >= 15 is 0 Å². The average molecular weight is 681 g/mol. The lowest BCUT2D eigenvalue weighted by molar-refractivity contribution is -0.143. The van der Waals surface area contributed by atoms with Crippen molar-refractivity contribution in [1.29, 1.82) is 0 Å². The molecule has 0 aliphatic carbocycles. The predicted molar refractivity (Wildman–Crippen MR) is 151 cm³/mol. The molecule has 8 nitrogen and oxygen atoms in total. The molecule has 0 saturated carbocycles. The van der Waals surface area contributed by atoms with E-state index in [1.165, 1.54) is 4.90 Å². The predicted octanol–water partition coefficient (Wildman–Crippen LogP) is 7.18. The second-order valence-electron chi connectivity index (χ2n) is 10.7. The summed E-state index contributed by atoms with van der Waals surface area (Å²) in [6, 6.07) is 1.98. The van der Waals surface area contributed by atoms with Crippen LogP contribution < -0.4 is 15.9 Å². The van der Waals surface area contributed by atoms with Crippen LogP contribution in [0.25, 0.3) is 0 Å². The van der Waals surface area contributed by atoms with Crippen molar-refractivity contribution in [1.82, 2.24) is 9.55 Å². The molecule has 0 unspecified atom stereocenters. The van der Waals surface area contributed by atoms with E-state index in [-0.39, 0.29) is 48.3 Å². The van der Waals surface area contributed by atoms with E-state index in [9.17, 15) is 54.2 Å². The smallest absolute Gasteiger partial charge is 0.416 e. The molecule has 2 N–H and O–H groups in total. The highest BCUT2D eigenvalue weighted by molar-refractivity contribution is 5.90. The Balaban J connectivity index is 1.87. The zero-order chi connectivity index (χ0) is 34.9. The minimum atomic E-state index is -5.13. The summed E-state index contributed by atoms with van der Waals surface area (Å²) in [5, 5.41) is 12.3. The second-order valence-corrected chi connectivity index (χ2v) is 10.7. The molecule has 47 heavy (non-hydrogen) atoms. The molecule has 0 spiro atoms. The van der Waals surface area contributed by atoms with Crippen LogP contribution in [-0.2, 0) is 36.2 Å². The minimum absolute atomic E-state index is 0.0214. The van der Waals surface area contributed by atoms with Gasteiger partial charge in [0.05, 0.1) is 48.2 Å². The minimum Gasteiger partial charge on any atom is -0.449 e. The first kappa shape index (κ1) is 35.6. The normalized spacial score (nSPS) is 17.0. The highest BCUT2D eigenvalue weighted by Crippen LogP contribution is 2.44. The first-order valence-electron chi connectivity index (χ1n) is 14.3. The maximum atomic E-state index is 13.8. The Hall–Kier alpha value is -4.28. The van der Waals surface area contributed by atoms with E-state index < -0.39 is 77.7 Å². The zero-order valence-corrected chi connectivity index (χ0v) is 24.9. The monoisotopic (exact) mass is 680 g/mol. The van der Waals surface area contributed by atoms with Gasteiger partial charge in [-0.15, -0.1) is 0 Å². The Morgan fingerprint density at radius 1 is 0.957 bits per heavy atom. The molecular weight excluding hydrogens is 651 g/mol. The fraction of sp³-hybridized carbons (Fsp3) is 0.433. The molecule has 1 aliphatic rings. The number of aromatic nitrogens is 2. The summed E-state index contributed by atoms with van der Waals surface area (Å²) in [4.78, 5) is 30.8. The molecule has 0 fully saturated rings. The first-order valence-corrected chi connectivity index (χ1v) is 14.3. The third-order valence-electron chi connectivity index (χ3n) is 7.56. The van der Waals surface area contributed by atoms with Crippen LogP contribution in [0.2, 0.25) is 0 Å². The van der Waals surface area contributed by atoms with Gasteiger partial charge in [-0.2, -0.15) is 44.5 Å². The molecule has 3 aromatic rings. The number of hydrogen-bond acceptors (Lipinski definition) is 6. The summed E-state index contributed by atoms with van der Waals surface area (Å²) < 4.78 is 129. The van der Waals surface area contributed by atoms with Gasteiger partial charge in [0, 0.05) is 24.2 Å². The number of carbonyl (C=O) groups is 1. The number of amides is 1. The number of nitrogens with one attached hydrogen (secondary N) is 1. The number of carbonyl (C=O) groups excluding carboxylic acids is 1. The number of aliphatic hydroxyl groups is 1. The van der Waals surface area contributed by atoms with Crippen LogP contribution in [-0.4, -0.2) is 40.0 Å². The van der Waals surface area contributed by atoms with Crippen molar-refractivity contribution in [2.45, 2.75) is 70.3 Å². The van der Waals surface area contributed by atoms with Crippen LogP contribution in [0.1, 0.15) is 66.1 Å². The Labute approximate surface area is 261 Å². The largest absolute Gasteiger partial charge is 0.449 e. The molecule has 2 atom stereocenters. The number of hydrogen-bond donors (Lipinski definition) is 2. The van der Waals surface area contributed by atoms with Crippen LogP contribution in [0, 0.1) is 0 Å². The number of aliphatic hydroxyl groups excluding tert-OH is 1. The fourth-order valence-electron chi connectivity index (χ4n) is 5.42. The molecule has 1 aliphatic heterocycles. The molecule has 0 saturated heterocycles. The molecule has 1 amide bonds. The fourth-order valence-corrected chi connectivity index (χ4v) is 5.42. The van der Waals surface area contributed by atoms with E-state index in [4.69, 9.17) is 4.74 Å². The molecule has 2 heterocycles. The number of anilines is 2. The standard InChI is InChI=1S/C30H29F9N4O4/c1-3-21-14-23(22-13-18(28(31,32)33)5-6-24(22)43(21)27(46)47-4-2)40-25-17(15-42(7-8-44)26(45)41-25)9-16-10-19(29(34,35)36)12-20(11-16)30(37,38)39/h5-6,10-13,15,21,23,44H,3-4,7-9,14H2,1-2H3,(H,40,41,45)/t21-,23+/m1/s1. The van der Waals surface area contributed by atoms with Crippen LogP contribution in [0.3, 0.4) is 0 Å². The molecular formula is C30H29F9N4O4. The number of ether oxygens (including phenoxy) is 1. The van der Waals surface area contributed by atoms with Gasteiger partial charge in [0.2, 0.25) is 0 Å². The van der Waals surface area contributed by atoms with Gasteiger partial charge in [0.25, 0.3) is 0 Å². The van der Waals surface area contributed by atoms with Crippen molar-refractivity contribution in [2.24, 2.45) is 0 Å². The van der Waals surface area contributed by atoms with Crippen LogP contribution in [0.4, 0.5) is 55.8 Å². The maximum absolute atomic E-state index is 13.8. The second kappa shape index (κ2) is 13.4. The van der Waals surface area contributed by atoms with Gasteiger partial charge >= 0.3 is 30.3 Å². The van der Waals surface area contributed by atoms with Crippen LogP contribution >= 0.6 is 0 Å². The molecule has 0 radical (unpaired) electrons. The van der Waals surface area contributed by atoms with E-state index in [0.29, 0.717) is 18.6 Å². The quantitative estimate of drug-likeness (QED) is 0.245. The third-order valence-corrected chi connectivity index (χ3v) is 7.56. The molecule has 2 aromatic carbocycles. The lowest BCUT2D eigenvalue weighted by Crippen LogP contribution is -2.46. The molecule has 256 valence electrons. The number of halogens is 9. The van der Waals surface area contributed by atoms with Gasteiger partial charge in [-0.25, -0.2) is 9.59 Å². The highest BCUT2D eigenvalue weighted by Gasteiger charge is 2.40. The van der Waals surface area contributed by atoms with Gasteiger partial charge in [-0.05, 0) is 67.3 Å².